The zero-order chi connectivity index (χ0) is 9.56. The van der Waals surface area contributed by atoms with Crippen molar-refractivity contribution in [2.75, 3.05) is 26.7 Å². The van der Waals surface area contributed by atoms with Crippen LogP contribution in [0.3, 0.4) is 0 Å². The fourth-order valence-corrected chi connectivity index (χ4v) is 0.711. The molecule has 0 radical (unpaired) electrons. The van der Waals surface area contributed by atoms with Crippen LogP contribution in [0.4, 0.5) is 0 Å². The number of rotatable bonds is 5. The second-order valence-corrected chi connectivity index (χ2v) is 3.06. The van der Waals surface area contributed by atoms with Gasteiger partial charge in [-0.2, -0.15) is 0 Å². The zero-order valence-corrected chi connectivity index (χ0v) is 8.32. The van der Waals surface area contributed by atoms with Gasteiger partial charge in [0.15, 0.2) is 0 Å². The van der Waals surface area contributed by atoms with E-state index in [-0.39, 0.29) is 5.91 Å². The molecule has 1 amide bonds. The fraction of sp³-hybridized carbons (Fsp3) is 0.625. The molecule has 0 aromatic carbocycles. The van der Waals surface area contributed by atoms with Crippen LogP contribution in [0.1, 0.15) is 6.92 Å². The number of amides is 1. The maximum absolute atomic E-state index is 11.1. The van der Waals surface area contributed by atoms with E-state index in [2.05, 4.69) is 11.9 Å². The summed E-state index contributed by atoms with van der Waals surface area (Å²) in [7, 11) is 1.76. The maximum Gasteiger partial charge on any atom is 0.236 e. The Bertz CT molecular complexity index is 170. The SMILES string of the molecule is C=C(Cl)CNCC(=O)N(C)CC. The quantitative estimate of drug-likeness (QED) is 0.696. The maximum atomic E-state index is 11.1. The molecule has 0 saturated carbocycles. The second kappa shape index (κ2) is 6.03. The van der Waals surface area contributed by atoms with E-state index in [0.717, 1.165) is 6.54 Å². The predicted octanol–water partition coefficient (Wildman–Crippen LogP) is 0.807. The molecule has 0 aliphatic rings. The van der Waals surface area contributed by atoms with Crippen molar-refractivity contribution in [2.24, 2.45) is 0 Å². The predicted molar refractivity (Wildman–Crippen MR) is 51.2 cm³/mol. The summed E-state index contributed by atoms with van der Waals surface area (Å²) in [6, 6.07) is 0. The molecule has 12 heavy (non-hydrogen) atoms. The molecule has 0 heterocycles. The normalized spacial score (nSPS) is 9.58. The van der Waals surface area contributed by atoms with E-state index in [0.29, 0.717) is 18.1 Å². The van der Waals surface area contributed by atoms with Gasteiger partial charge in [-0.1, -0.05) is 18.2 Å². The van der Waals surface area contributed by atoms with Gasteiger partial charge in [0, 0.05) is 25.2 Å². The molecule has 0 aliphatic carbocycles. The topological polar surface area (TPSA) is 32.3 Å². The van der Waals surface area contributed by atoms with Gasteiger partial charge >= 0.3 is 0 Å². The summed E-state index contributed by atoms with van der Waals surface area (Å²) < 4.78 is 0. The molecular weight excluding hydrogens is 176 g/mol. The van der Waals surface area contributed by atoms with E-state index in [1.165, 1.54) is 0 Å². The van der Waals surface area contributed by atoms with Crippen LogP contribution in [0.5, 0.6) is 0 Å². The van der Waals surface area contributed by atoms with Crippen molar-refractivity contribution in [2.45, 2.75) is 6.92 Å². The first kappa shape index (κ1) is 11.5. The van der Waals surface area contributed by atoms with Gasteiger partial charge < -0.3 is 10.2 Å². The molecule has 0 bridgehead atoms. The Kier molecular flexibility index (Phi) is 5.76. The Labute approximate surface area is 78.4 Å². The summed E-state index contributed by atoms with van der Waals surface area (Å²) in [5.41, 5.74) is 0. The Morgan fingerprint density at radius 2 is 2.17 bits per heavy atom. The molecule has 0 aliphatic heterocycles. The minimum absolute atomic E-state index is 0.0652. The molecule has 0 aromatic rings. The Morgan fingerprint density at radius 3 is 2.58 bits per heavy atom. The highest BCUT2D eigenvalue weighted by Crippen LogP contribution is 1.91. The number of hydrogen-bond acceptors (Lipinski definition) is 2. The first-order valence-corrected chi connectivity index (χ1v) is 4.23. The lowest BCUT2D eigenvalue weighted by Gasteiger charge is -2.14. The lowest BCUT2D eigenvalue weighted by Crippen LogP contribution is -2.35. The van der Waals surface area contributed by atoms with E-state index in [9.17, 15) is 4.79 Å². The van der Waals surface area contributed by atoms with Crippen molar-refractivity contribution >= 4 is 17.5 Å². The van der Waals surface area contributed by atoms with Gasteiger partial charge in [-0.15, -0.1) is 0 Å². The second-order valence-electron chi connectivity index (χ2n) is 2.53. The smallest absolute Gasteiger partial charge is 0.236 e. The summed E-state index contributed by atoms with van der Waals surface area (Å²) in [6.07, 6.45) is 0. The lowest BCUT2D eigenvalue weighted by molar-refractivity contribution is -0.128. The third-order valence-corrected chi connectivity index (χ3v) is 1.63. The molecule has 0 unspecified atom stereocenters. The van der Waals surface area contributed by atoms with Crippen molar-refractivity contribution in [3.8, 4) is 0 Å². The van der Waals surface area contributed by atoms with Crippen LogP contribution in [0.25, 0.3) is 0 Å². The minimum atomic E-state index is 0.0652. The first-order chi connectivity index (χ1) is 5.57. The van der Waals surface area contributed by atoms with Crippen LogP contribution < -0.4 is 5.32 Å². The highest BCUT2D eigenvalue weighted by Gasteiger charge is 2.04. The average molecular weight is 191 g/mol. The van der Waals surface area contributed by atoms with Crippen LogP contribution in [-0.2, 0) is 4.79 Å². The summed E-state index contributed by atoms with van der Waals surface area (Å²) in [5.74, 6) is 0.0652. The molecule has 0 aromatic heterocycles. The Hall–Kier alpha value is -0.540. The van der Waals surface area contributed by atoms with Crippen LogP contribution in [0.15, 0.2) is 11.6 Å². The molecule has 0 atom stereocenters. The lowest BCUT2D eigenvalue weighted by atomic mass is 10.5. The molecule has 3 nitrogen and oxygen atoms in total. The Morgan fingerprint density at radius 1 is 1.58 bits per heavy atom. The molecule has 70 valence electrons. The largest absolute Gasteiger partial charge is 0.345 e. The highest BCUT2D eigenvalue weighted by atomic mass is 35.5. The molecule has 0 fully saturated rings. The monoisotopic (exact) mass is 190 g/mol. The van der Waals surface area contributed by atoms with Crippen molar-refractivity contribution in [3.63, 3.8) is 0 Å². The summed E-state index contributed by atoms with van der Waals surface area (Å²) >= 11 is 5.49. The highest BCUT2D eigenvalue weighted by molar-refractivity contribution is 6.29. The summed E-state index contributed by atoms with van der Waals surface area (Å²) in [6.45, 7) is 6.94. The van der Waals surface area contributed by atoms with Gasteiger partial charge in [0.05, 0.1) is 6.54 Å². The van der Waals surface area contributed by atoms with Gasteiger partial charge in [-0.25, -0.2) is 0 Å². The van der Waals surface area contributed by atoms with Crippen LogP contribution in [0, 0.1) is 0 Å². The first-order valence-electron chi connectivity index (χ1n) is 3.86. The summed E-state index contributed by atoms with van der Waals surface area (Å²) in [4.78, 5) is 12.8. The number of halogens is 1. The van der Waals surface area contributed by atoms with Gasteiger partial charge in [0.2, 0.25) is 5.91 Å². The standard InChI is InChI=1S/C8H15ClN2O/c1-4-11(3)8(12)6-10-5-7(2)9/h10H,2,4-6H2,1,3H3. The van der Waals surface area contributed by atoms with Crippen LogP contribution >= 0.6 is 11.6 Å². The molecule has 0 spiro atoms. The Balaban J connectivity index is 3.50. The van der Waals surface area contributed by atoms with Crippen molar-refractivity contribution in [1.29, 1.82) is 0 Å². The van der Waals surface area contributed by atoms with E-state index in [1.807, 2.05) is 6.92 Å². The minimum Gasteiger partial charge on any atom is -0.345 e. The van der Waals surface area contributed by atoms with E-state index in [4.69, 9.17) is 11.6 Å². The van der Waals surface area contributed by atoms with E-state index < -0.39 is 0 Å². The van der Waals surface area contributed by atoms with Gasteiger partial charge in [0.25, 0.3) is 0 Å². The van der Waals surface area contributed by atoms with E-state index in [1.54, 1.807) is 11.9 Å². The fourth-order valence-electron chi connectivity index (χ4n) is 0.616. The van der Waals surface area contributed by atoms with Crippen LogP contribution in [-0.4, -0.2) is 37.5 Å². The molecule has 0 rings (SSSR count). The number of nitrogens with one attached hydrogen (secondary N) is 1. The van der Waals surface area contributed by atoms with Gasteiger partial charge in [-0.3, -0.25) is 4.79 Å². The zero-order valence-electron chi connectivity index (χ0n) is 7.56. The van der Waals surface area contributed by atoms with Gasteiger partial charge in [0.1, 0.15) is 0 Å². The van der Waals surface area contributed by atoms with Crippen molar-refractivity contribution < 1.29 is 4.79 Å². The number of nitrogens with zero attached hydrogens (tertiary/aromatic N) is 1. The molecular formula is C8H15ClN2O. The molecule has 4 heteroatoms. The third kappa shape index (κ3) is 5.16. The number of hydrogen-bond donors (Lipinski definition) is 1. The van der Waals surface area contributed by atoms with Crippen LogP contribution in [0.2, 0.25) is 0 Å². The molecule has 1 N–H and O–H groups in total. The number of likely N-dealkylation sites (N-methyl/N-ethyl adjacent to an activating group) is 1. The number of carbonyl (C=O) groups excluding carboxylic acids is 1. The van der Waals surface area contributed by atoms with E-state index >= 15 is 0 Å². The van der Waals surface area contributed by atoms with Crippen molar-refractivity contribution in [1.82, 2.24) is 10.2 Å². The van der Waals surface area contributed by atoms with Crippen molar-refractivity contribution in [3.05, 3.63) is 11.6 Å². The van der Waals surface area contributed by atoms with Gasteiger partial charge in [-0.05, 0) is 6.92 Å². The third-order valence-electron chi connectivity index (χ3n) is 1.49. The number of carbonyl (C=O) groups is 1. The molecule has 0 saturated heterocycles. The average Bonchev–Trinajstić information content (AvgIpc) is 2.02. The summed E-state index contributed by atoms with van der Waals surface area (Å²) in [5, 5.41) is 3.39.